The molecule has 2 aromatic heterocycles. The minimum Gasteiger partial charge on any atom is -0.316 e. The molecule has 0 saturated heterocycles. The Labute approximate surface area is 156 Å². The van der Waals surface area contributed by atoms with Crippen molar-refractivity contribution in [1.29, 1.82) is 0 Å². The zero-order valence-corrected chi connectivity index (χ0v) is 15.1. The summed E-state index contributed by atoms with van der Waals surface area (Å²) in [4.78, 5) is 27.1. The van der Waals surface area contributed by atoms with E-state index in [0.717, 1.165) is 4.88 Å². The number of benzene rings is 1. The molecule has 0 spiro atoms. The van der Waals surface area contributed by atoms with Crippen LogP contribution in [0.1, 0.15) is 12.5 Å². The summed E-state index contributed by atoms with van der Waals surface area (Å²) in [6.45, 7) is 1.44. The largest absolute Gasteiger partial charge is 0.316 e. The first-order chi connectivity index (χ1) is 12.5. The number of hydrazone groups is 1. The number of nitrogens with one attached hydrogen (secondary N) is 2. The van der Waals surface area contributed by atoms with Crippen LogP contribution in [0.15, 0.2) is 46.9 Å². The lowest BCUT2D eigenvalue weighted by atomic mass is 10.2. The summed E-state index contributed by atoms with van der Waals surface area (Å²) < 4.78 is 0. The minimum absolute atomic E-state index is 0.00359. The number of nitro benzene ring substituents is 1. The van der Waals surface area contributed by atoms with Crippen molar-refractivity contribution >= 4 is 50.6 Å². The van der Waals surface area contributed by atoms with E-state index in [-0.39, 0.29) is 11.6 Å². The first kappa shape index (κ1) is 17.7. The van der Waals surface area contributed by atoms with Crippen LogP contribution < -0.4 is 10.7 Å². The second-order valence-electron chi connectivity index (χ2n) is 5.08. The third kappa shape index (κ3) is 4.29. The Balaban J connectivity index is 1.78. The normalized spacial score (nSPS) is 10.8. The fraction of sp³-hybridized carbons (Fsp3) is 0.0625. The van der Waals surface area contributed by atoms with Crippen molar-refractivity contribution in [2.45, 2.75) is 6.92 Å². The molecule has 0 fully saturated rings. The number of amides is 1. The molecule has 0 aliphatic heterocycles. The van der Waals surface area contributed by atoms with E-state index in [1.807, 2.05) is 17.5 Å². The predicted octanol–water partition coefficient (Wildman–Crippen LogP) is 4.18. The monoisotopic (exact) mass is 387 g/mol. The highest BCUT2D eigenvalue weighted by atomic mass is 32.1. The Morgan fingerprint density at radius 3 is 2.88 bits per heavy atom. The summed E-state index contributed by atoms with van der Waals surface area (Å²) in [6.07, 6.45) is 1.47. The molecule has 2 N–H and O–H groups in total. The average molecular weight is 387 g/mol. The number of anilines is 2. The molecule has 0 radical (unpaired) electrons. The van der Waals surface area contributed by atoms with Crippen LogP contribution in [0, 0.1) is 10.1 Å². The van der Waals surface area contributed by atoms with Crippen LogP contribution in [0.2, 0.25) is 0 Å². The summed E-state index contributed by atoms with van der Waals surface area (Å²) >= 11 is 2.78. The summed E-state index contributed by atoms with van der Waals surface area (Å²) in [7, 11) is 0. The van der Waals surface area contributed by atoms with E-state index in [4.69, 9.17) is 0 Å². The molecule has 3 rings (SSSR count). The van der Waals surface area contributed by atoms with Crippen LogP contribution in [0.4, 0.5) is 15.8 Å². The quantitative estimate of drug-likeness (QED) is 0.374. The van der Waals surface area contributed by atoms with Crippen LogP contribution in [0.5, 0.6) is 0 Å². The number of nitrogens with zero attached hydrogens (tertiary/aromatic N) is 3. The van der Waals surface area contributed by atoms with Gasteiger partial charge in [-0.1, -0.05) is 29.5 Å². The van der Waals surface area contributed by atoms with Gasteiger partial charge in [0.05, 0.1) is 16.0 Å². The molecule has 132 valence electrons. The SMILES string of the molecule is CC(=O)Nc1sc(N/N=C/c2cccc([N+](=O)[O-])c2)nc1-c1cccs1. The standard InChI is InChI=1S/C16H13N5O3S2/c1-10(22)18-15-14(13-6-3-7-25-13)19-16(26-15)20-17-9-11-4-2-5-12(8-11)21(23)24/h2-9H,1H3,(H,18,22)(H,19,20)/b17-9+. The maximum absolute atomic E-state index is 11.4. The maximum Gasteiger partial charge on any atom is 0.270 e. The van der Waals surface area contributed by atoms with Gasteiger partial charge in [-0.3, -0.25) is 20.3 Å². The first-order valence-corrected chi connectivity index (χ1v) is 9.08. The molecule has 1 aromatic carbocycles. The lowest BCUT2D eigenvalue weighted by Gasteiger charge is -1.99. The molecule has 2 heterocycles. The third-order valence-corrected chi connectivity index (χ3v) is 4.88. The zero-order valence-electron chi connectivity index (χ0n) is 13.5. The van der Waals surface area contributed by atoms with Gasteiger partial charge in [-0.2, -0.15) is 5.10 Å². The Morgan fingerprint density at radius 2 is 2.19 bits per heavy atom. The fourth-order valence-corrected chi connectivity index (χ4v) is 3.73. The van der Waals surface area contributed by atoms with Gasteiger partial charge in [0.25, 0.3) is 5.69 Å². The van der Waals surface area contributed by atoms with Crippen molar-refractivity contribution in [3.63, 3.8) is 0 Å². The molecule has 1 amide bonds. The second kappa shape index (κ2) is 7.85. The van der Waals surface area contributed by atoms with E-state index >= 15 is 0 Å². The van der Waals surface area contributed by atoms with Gasteiger partial charge in [-0.05, 0) is 11.4 Å². The van der Waals surface area contributed by atoms with Crippen molar-refractivity contribution in [2.24, 2.45) is 5.10 Å². The highest BCUT2D eigenvalue weighted by Gasteiger charge is 2.15. The van der Waals surface area contributed by atoms with Crippen LogP contribution in [0.3, 0.4) is 0 Å². The van der Waals surface area contributed by atoms with Gasteiger partial charge >= 0.3 is 0 Å². The number of carbonyl (C=O) groups is 1. The van der Waals surface area contributed by atoms with Gasteiger partial charge in [-0.25, -0.2) is 4.98 Å². The number of non-ortho nitro benzene ring substituents is 1. The second-order valence-corrected chi connectivity index (χ2v) is 7.02. The number of carbonyl (C=O) groups excluding carboxylic acids is 1. The van der Waals surface area contributed by atoms with Crippen LogP contribution in [-0.4, -0.2) is 22.0 Å². The number of hydrogen-bond donors (Lipinski definition) is 2. The maximum atomic E-state index is 11.4. The van der Waals surface area contributed by atoms with E-state index in [0.29, 0.717) is 21.4 Å². The van der Waals surface area contributed by atoms with E-state index in [1.54, 1.807) is 12.1 Å². The van der Waals surface area contributed by atoms with E-state index in [9.17, 15) is 14.9 Å². The topological polar surface area (TPSA) is 110 Å². The highest BCUT2D eigenvalue weighted by Crippen LogP contribution is 2.37. The molecule has 0 atom stereocenters. The van der Waals surface area contributed by atoms with Crippen molar-refractivity contribution in [1.82, 2.24) is 4.98 Å². The Hall–Kier alpha value is -3.11. The smallest absolute Gasteiger partial charge is 0.270 e. The van der Waals surface area contributed by atoms with Crippen molar-refractivity contribution < 1.29 is 9.72 Å². The molecule has 0 unspecified atom stereocenters. The fourth-order valence-electron chi connectivity index (χ4n) is 2.07. The lowest BCUT2D eigenvalue weighted by molar-refractivity contribution is -0.384. The molecule has 8 nitrogen and oxygen atoms in total. The molecule has 0 aliphatic carbocycles. The summed E-state index contributed by atoms with van der Waals surface area (Å²) in [6, 6.07) is 9.96. The lowest BCUT2D eigenvalue weighted by Crippen LogP contribution is -2.04. The molecule has 10 heteroatoms. The van der Waals surface area contributed by atoms with Gasteiger partial charge in [0.15, 0.2) is 0 Å². The van der Waals surface area contributed by atoms with E-state index in [2.05, 4.69) is 20.8 Å². The van der Waals surface area contributed by atoms with Gasteiger partial charge in [0.2, 0.25) is 11.0 Å². The molecule has 3 aromatic rings. The molecule has 26 heavy (non-hydrogen) atoms. The van der Waals surface area contributed by atoms with Crippen molar-refractivity contribution in [2.75, 3.05) is 10.7 Å². The van der Waals surface area contributed by atoms with Gasteiger partial charge in [0, 0.05) is 24.6 Å². The third-order valence-electron chi connectivity index (χ3n) is 3.13. The first-order valence-electron chi connectivity index (χ1n) is 7.39. The zero-order chi connectivity index (χ0) is 18.5. The van der Waals surface area contributed by atoms with Crippen molar-refractivity contribution in [3.8, 4) is 10.6 Å². The Bertz CT molecular complexity index is 966. The van der Waals surface area contributed by atoms with Gasteiger partial charge in [0.1, 0.15) is 10.7 Å². The predicted molar refractivity (Wildman–Crippen MR) is 104 cm³/mol. The van der Waals surface area contributed by atoms with Crippen LogP contribution in [0.25, 0.3) is 10.6 Å². The van der Waals surface area contributed by atoms with Gasteiger partial charge < -0.3 is 5.32 Å². The van der Waals surface area contributed by atoms with Gasteiger partial charge in [-0.15, -0.1) is 11.3 Å². The molecule has 0 aliphatic rings. The highest BCUT2D eigenvalue weighted by molar-refractivity contribution is 7.21. The Morgan fingerprint density at radius 1 is 1.35 bits per heavy atom. The number of thiazole rings is 1. The molecule has 0 saturated carbocycles. The van der Waals surface area contributed by atoms with Crippen LogP contribution >= 0.6 is 22.7 Å². The Kier molecular flexibility index (Phi) is 5.34. The number of aromatic nitrogens is 1. The number of hydrogen-bond acceptors (Lipinski definition) is 8. The average Bonchev–Trinajstić information content (AvgIpc) is 3.24. The summed E-state index contributed by atoms with van der Waals surface area (Å²) in [5.41, 5.74) is 4.06. The molecule has 0 bridgehead atoms. The van der Waals surface area contributed by atoms with E-state index < -0.39 is 4.92 Å². The summed E-state index contributed by atoms with van der Waals surface area (Å²) in [5, 5.41) is 20.7. The van der Waals surface area contributed by atoms with Crippen LogP contribution in [-0.2, 0) is 4.79 Å². The van der Waals surface area contributed by atoms with Crippen molar-refractivity contribution in [3.05, 3.63) is 57.5 Å². The summed E-state index contributed by atoms with van der Waals surface area (Å²) in [5.74, 6) is -0.182. The molecular weight excluding hydrogens is 374 g/mol. The number of thiophene rings is 1. The minimum atomic E-state index is -0.460. The molecular formula is C16H13N5O3S2. The number of nitro groups is 1. The van der Waals surface area contributed by atoms with E-state index in [1.165, 1.54) is 47.9 Å². The number of rotatable bonds is 6.